The van der Waals surface area contributed by atoms with Crippen LogP contribution in [0, 0.1) is 11.6 Å². The average molecular weight is 295 g/mol. The van der Waals surface area contributed by atoms with Crippen LogP contribution in [0.1, 0.15) is 18.4 Å². The lowest BCUT2D eigenvalue weighted by atomic mass is 9.88. The first-order valence-corrected chi connectivity index (χ1v) is 6.81. The van der Waals surface area contributed by atoms with Gasteiger partial charge in [0.2, 0.25) is 0 Å². The van der Waals surface area contributed by atoms with Gasteiger partial charge in [0.05, 0.1) is 6.54 Å². The van der Waals surface area contributed by atoms with Gasteiger partial charge in [-0.1, -0.05) is 6.07 Å². The number of urea groups is 1. The van der Waals surface area contributed by atoms with Crippen molar-refractivity contribution in [2.75, 3.05) is 13.1 Å². The van der Waals surface area contributed by atoms with Gasteiger partial charge in [-0.3, -0.25) is 9.69 Å². The van der Waals surface area contributed by atoms with Gasteiger partial charge in [-0.2, -0.15) is 0 Å². The second kappa shape index (κ2) is 5.07. The second-order valence-electron chi connectivity index (χ2n) is 5.40. The molecule has 7 heteroatoms. The first-order valence-electron chi connectivity index (χ1n) is 6.81. The predicted octanol–water partition coefficient (Wildman–Crippen LogP) is 1.14. The Morgan fingerprint density at radius 2 is 1.86 bits per heavy atom. The van der Waals surface area contributed by atoms with Crippen LogP contribution in [0.25, 0.3) is 0 Å². The smallest absolute Gasteiger partial charge is 0.323 e. The first-order chi connectivity index (χ1) is 10.0. The lowest BCUT2D eigenvalue weighted by Crippen LogP contribution is -2.53. The van der Waals surface area contributed by atoms with Gasteiger partial charge in [0.15, 0.2) is 11.6 Å². The number of benzene rings is 1. The number of nitrogens with one attached hydrogen (secondary N) is 2. The molecule has 0 aromatic heterocycles. The summed E-state index contributed by atoms with van der Waals surface area (Å²) in [6.07, 6.45) is 1.07. The molecule has 2 N–H and O–H groups in total. The van der Waals surface area contributed by atoms with Gasteiger partial charge < -0.3 is 10.6 Å². The van der Waals surface area contributed by atoms with Crippen molar-refractivity contribution >= 4 is 11.9 Å². The highest BCUT2D eigenvalue weighted by molar-refractivity contribution is 6.07. The summed E-state index contributed by atoms with van der Waals surface area (Å²) < 4.78 is 26.1. The summed E-state index contributed by atoms with van der Waals surface area (Å²) >= 11 is 0. The summed E-state index contributed by atoms with van der Waals surface area (Å²) in [4.78, 5) is 25.6. The highest BCUT2D eigenvalue weighted by Crippen LogP contribution is 2.28. The largest absolute Gasteiger partial charge is 0.325 e. The minimum Gasteiger partial charge on any atom is -0.323 e. The molecule has 0 unspecified atom stereocenters. The van der Waals surface area contributed by atoms with Crippen LogP contribution in [0.4, 0.5) is 13.6 Å². The third kappa shape index (κ3) is 2.37. The van der Waals surface area contributed by atoms with Crippen LogP contribution in [-0.2, 0) is 11.3 Å². The van der Waals surface area contributed by atoms with Gasteiger partial charge in [0.1, 0.15) is 5.54 Å². The fraction of sp³-hybridized carbons (Fsp3) is 0.429. The van der Waals surface area contributed by atoms with Crippen LogP contribution in [-0.4, -0.2) is 35.5 Å². The highest BCUT2D eigenvalue weighted by Gasteiger charge is 2.51. The molecule has 112 valence electrons. The molecule has 0 atom stereocenters. The van der Waals surface area contributed by atoms with E-state index in [1.165, 1.54) is 6.07 Å². The Labute approximate surface area is 120 Å². The zero-order valence-electron chi connectivity index (χ0n) is 11.3. The van der Waals surface area contributed by atoms with E-state index in [2.05, 4.69) is 10.6 Å². The number of halogens is 2. The lowest BCUT2D eigenvalue weighted by Gasteiger charge is -2.31. The summed E-state index contributed by atoms with van der Waals surface area (Å²) in [6.45, 7) is 1.26. The van der Waals surface area contributed by atoms with Crippen molar-refractivity contribution in [1.82, 2.24) is 15.5 Å². The molecule has 0 saturated carbocycles. The van der Waals surface area contributed by atoms with Gasteiger partial charge in [-0.15, -0.1) is 0 Å². The number of imide groups is 1. The maximum absolute atomic E-state index is 13.2. The van der Waals surface area contributed by atoms with Crippen molar-refractivity contribution in [3.05, 3.63) is 35.4 Å². The summed E-state index contributed by atoms with van der Waals surface area (Å²) in [7, 11) is 0. The topological polar surface area (TPSA) is 61.4 Å². The van der Waals surface area contributed by atoms with E-state index in [0.29, 0.717) is 31.5 Å². The summed E-state index contributed by atoms with van der Waals surface area (Å²) in [5.41, 5.74) is -0.468. The quantitative estimate of drug-likeness (QED) is 0.804. The normalized spacial score (nSPS) is 21.0. The van der Waals surface area contributed by atoms with Gasteiger partial charge >= 0.3 is 6.03 Å². The number of nitrogens with zero attached hydrogens (tertiary/aromatic N) is 1. The van der Waals surface area contributed by atoms with E-state index >= 15 is 0 Å². The monoisotopic (exact) mass is 295 g/mol. The molecule has 1 spiro atoms. The van der Waals surface area contributed by atoms with Crippen LogP contribution in [0.5, 0.6) is 0 Å². The number of carbonyl (C=O) groups is 2. The predicted molar refractivity (Wildman–Crippen MR) is 70.3 cm³/mol. The number of carbonyl (C=O) groups excluding carboxylic acids is 2. The van der Waals surface area contributed by atoms with Crippen molar-refractivity contribution in [3.8, 4) is 0 Å². The molecule has 2 saturated heterocycles. The molecule has 0 aliphatic carbocycles. The molecule has 1 aromatic carbocycles. The Morgan fingerprint density at radius 1 is 1.14 bits per heavy atom. The number of piperidine rings is 1. The van der Waals surface area contributed by atoms with E-state index in [4.69, 9.17) is 0 Å². The van der Waals surface area contributed by atoms with Crippen molar-refractivity contribution in [1.29, 1.82) is 0 Å². The van der Waals surface area contributed by atoms with E-state index in [-0.39, 0.29) is 12.5 Å². The van der Waals surface area contributed by atoms with Gasteiger partial charge in [0.25, 0.3) is 5.91 Å². The Kier molecular flexibility index (Phi) is 3.36. The standard InChI is InChI=1S/C14H15F2N3O2/c15-10-2-1-9(7-11(10)16)8-19-12(20)14(18-13(19)21)3-5-17-6-4-14/h1-2,7,17H,3-6,8H2,(H,18,21). The first kappa shape index (κ1) is 13.9. The molecule has 21 heavy (non-hydrogen) atoms. The zero-order valence-corrected chi connectivity index (χ0v) is 11.3. The molecule has 2 aliphatic heterocycles. The molecule has 0 bridgehead atoms. The van der Waals surface area contributed by atoms with Crippen LogP contribution in [0.2, 0.25) is 0 Å². The van der Waals surface area contributed by atoms with Crippen molar-refractivity contribution < 1.29 is 18.4 Å². The molecule has 3 rings (SSSR count). The molecule has 5 nitrogen and oxygen atoms in total. The maximum atomic E-state index is 13.2. The fourth-order valence-corrected chi connectivity index (χ4v) is 2.83. The van der Waals surface area contributed by atoms with E-state index in [1.54, 1.807) is 0 Å². The Morgan fingerprint density at radius 3 is 2.52 bits per heavy atom. The Hall–Kier alpha value is -2.02. The number of rotatable bonds is 2. The van der Waals surface area contributed by atoms with Gasteiger partial charge in [-0.25, -0.2) is 13.6 Å². The minimum absolute atomic E-state index is 0.0585. The lowest BCUT2D eigenvalue weighted by molar-refractivity contribution is -0.132. The van der Waals surface area contributed by atoms with Gasteiger partial charge in [-0.05, 0) is 43.6 Å². The van der Waals surface area contributed by atoms with Gasteiger partial charge in [0, 0.05) is 0 Å². The third-order valence-electron chi connectivity index (χ3n) is 4.03. The third-order valence-corrected chi connectivity index (χ3v) is 4.03. The van der Waals surface area contributed by atoms with Crippen LogP contribution in [0.3, 0.4) is 0 Å². The van der Waals surface area contributed by atoms with E-state index in [9.17, 15) is 18.4 Å². The summed E-state index contributed by atoms with van der Waals surface area (Å²) in [5.74, 6) is -2.24. The van der Waals surface area contributed by atoms with Crippen molar-refractivity contribution in [3.63, 3.8) is 0 Å². The summed E-state index contributed by atoms with van der Waals surface area (Å²) in [5, 5.41) is 5.88. The zero-order chi connectivity index (χ0) is 15.0. The van der Waals surface area contributed by atoms with E-state index in [0.717, 1.165) is 17.0 Å². The molecule has 0 radical (unpaired) electrons. The molecule has 2 aliphatic rings. The number of amides is 3. The Balaban J connectivity index is 1.80. The Bertz CT molecular complexity index is 600. The fourth-order valence-electron chi connectivity index (χ4n) is 2.83. The molecule has 2 heterocycles. The maximum Gasteiger partial charge on any atom is 0.325 e. The molecule has 2 fully saturated rings. The molecule has 1 aromatic rings. The average Bonchev–Trinajstić information content (AvgIpc) is 2.68. The molecule has 3 amide bonds. The van der Waals surface area contributed by atoms with Crippen molar-refractivity contribution in [2.45, 2.75) is 24.9 Å². The second-order valence-corrected chi connectivity index (χ2v) is 5.40. The van der Waals surface area contributed by atoms with Crippen LogP contribution >= 0.6 is 0 Å². The number of hydrogen-bond acceptors (Lipinski definition) is 3. The highest BCUT2D eigenvalue weighted by atomic mass is 19.2. The number of hydrogen-bond donors (Lipinski definition) is 2. The SMILES string of the molecule is O=C1NC2(CCNCC2)C(=O)N1Cc1ccc(F)c(F)c1. The van der Waals surface area contributed by atoms with Crippen LogP contribution < -0.4 is 10.6 Å². The van der Waals surface area contributed by atoms with E-state index in [1.807, 2.05) is 0 Å². The minimum atomic E-state index is -0.990. The molecular weight excluding hydrogens is 280 g/mol. The van der Waals surface area contributed by atoms with Crippen LogP contribution in [0.15, 0.2) is 18.2 Å². The van der Waals surface area contributed by atoms with E-state index < -0.39 is 23.2 Å². The molecular formula is C14H15F2N3O2. The van der Waals surface area contributed by atoms with Crippen molar-refractivity contribution in [2.24, 2.45) is 0 Å². The summed E-state index contributed by atoms with van der Waals surface area (Å²) in [6, 6.07) is 2.88.